The summed E-state index contributed by atoms with van der Waals surface area (Å²) >= 11 is 1.59. The third-order valence-electron chi connectivity index (χ3n) is 3.28. The van der Waals surface area contributed by atoms with Crippen LogP contribution in [-0.4, -0.2) is 40.6 Å². The number of amides is 1. The van der Waals surface area contributed by atoms with Crippen LogP contribution in [0.4, 0.5) is 0 Å². The number of thiophene rings is 1. The van der Waals surface area contributed by atoms with Gasteiger partial charge in [-0.2, -0.15) is 4.98 Å². The molecule has 22 heavy (non-hydrogen) atoms. The normalized spacial score (nSPS) is 11.2. The van der Waals surface area contributed by atoms with Crippen LogP contribution >= 0.6 is 11.3 Å². The summed E-state index contributed by atoms with van der Waals surface area (Å²) in [6.07, 6.45) is 3.74. The van der Waals surface area contributed by atoms with Gasteiger partial charge in [0.15, 0.2) is 0 Å². The van der Waals surface area contributed by atoms with Gasteiger partial charge in [-0.15, -0.1) is 11.3 Å². The average molecular weight is 322 g/mol. The van der Waals surface area contributed by atoms with Crippen molar-refractivity contribution in [2.24, 2.45) is 5.73 Å². The maximum atomic E-state index is 11.1. The lowest BCUT2D eigenvalue weighted by molar-refractivity contribution is -0.119. The van der Waals surface area contributed by atoms with Crippen LogP contribution in [0.2, 0.25) is 0 Å². The number of carbonyl (C=O) groups is 1. The van der Waals surface area contributed by atoms with E-state index in [0.29, 0.717) is 24.7 Å². The van der Waals surface area contributed by atoms with Crippen LogP contribution in [0.25, 0.3) is 10.7 Å². The molecule has 2 aromatic heterocycles. The van der Waals surface area contributed by atoms with E-state index in [9.17, 15) is 4.79 Å². The van der Waals surface area contributed by atoms with E-state index in [1.165, 1.54) is 0 Å². The van der Waals surface area contributed by atoms with Gasteiger partial charge in [0.1, 0.15) is 0 Å². The molecule has 0 aliphatic rings. The van der Waals surface area contributed by atoms with E-state index in [-0.39, 0.29) is 5.91 Å². The van der Waals surface area contributed by atoms with E-state index in [1.54, 1.807) is 11.3 Å². The van der Waals surface area contributed by atoms with Gasteiger partial charge in [0.05, 0.1) is 11.4 Å². The molecular formula is C15H22N4O2S. The second kappa shape index (κ2) is 8.65. The minimum Gasteiger partial charge on any atom is -0.369 e. The first-order valence-corrected chi connectivity index (χ1v) is 8.44. The molecule has 0 spiro atoms. The summed E-state index contributed by atoms with van der Waals surface area (Å²) in [5, 5.41) is 5.98. The van der Waals surface area contributed by atoms with Crippen LogP contribution in [0.5, 0.6) is 0 Å². The molecule has 120 valence electrons. The number of hydrogen-bond acceptors (Lipinski definition) is 6. The molecule has 1 amide bonds. The van der Waals surface area contributed by atoms with Crippen molar-refractivity contribution in [3.63, 3.8) is 0 Å². The molecule has 0 aliphatic heterocycles. The highest BCUT2D eigenvalue weighted by molar-refractivity contribution is 7.13. The summed E-state index contributed by atoms with van der Waals surface area (Å²) in [7, 11) is 0. The number of aromatic nitrogens is 2. The Morgan fingerprint density at radius 2 is 2.23 bits per heavy atom. The van der Waals surface area contributed by atoms with Crippen LogP contribution in [0.3, 0.4) is 0 Å². The van der Waals surface area contributed by atoms with Crippen molar-refractivity contribution in [1.82, 2.24) is 15.0 Å². The van der Waals surface area contributed by atoms with Gasteiger partial charge in [-0.3, -0.25) is 9.69 Å². The molecule has 2 N–H and O–H groups in total. The molecule has 0 fully saturated rings. The number of rotatable bonds is 10. The largest absolute Gasteiger partial charge is 0.369 e. The first kappa shape index (κ1) is 16.6. The van der Waals surface area contributed by atoms with Crippen molar-refractivity contribution in [3.05, 3.63) is 23.4 Å². The zero-order valence-corrected chi connectivity index (χ0v) is 13.6. The van der Waals surface area contributed by atoms with Crippen molar-refractivity contribution < 1.29 is 9.32 Å². The zero-order valence-electron chi connectivity index (χ0n) is 12.8. The number of carbonyl (C=O) groups excluding carboxylic acids is 1. The Balaban J connectivity index is 1.80. The van der Waals surface area contributed by atoms with Gasteiger partial charge in [0, 0.05) is 6.42 Å². The highest BCUT2D eigenvalue weighted by Gasteiger charge is 2.11. The summed E-state index contributed by atoms with van der Waals surface area (Å²) in [6.45, 7) is 4.14. The molecule has 0 saturated heterocycles. The topological polar surface area (TPSA) is 85.2 Å². The lowest BCUT2D eigenvalue weighted by atomic mass is 10.2. The van der Waals surface area contributed by atoms with E-state index in [0.717, 1.165) is 37.2 Å². The Hall–Kier alpha value is -1.73. The third kappa shape index (κ3) is 5.23. The fraction of sp³-hybridized carbons (Fsp3) is 0.533. The van der Waals surface area contributed by atoms with Gasteiger partial charge in [-0.25, -0.2) is 0 Å². The maximum absolute atomic E-state index is 11.1. The van der Waals surface area contributed by atoms with E-state index in [2.05, 4.69) is 22.0 Å². The van der Waals surface area contributed by atoms with Gasteiger partial charge in [0.2, 0.25) is 17.6 Å². The minimum atomic E-state index is -0.283. The zero-order chi connectivity index (χ0) is 15.8. The quantitative estimate of drug-likeness (QED) is 0.725. The van der Waals surface area contributed by atoms with E-state index in [4.69, 9.17) is 10.3 Å². The number of aryl methyl sites for hydroxylation is 1. The molecule has 2 aromatic rings. The predicted molar refractivity (Wildman–Crippen MR) is 86.5 cm³/mol. The highest BCUT2D eigenvalue weighted by atomic mass is 32.1. The van der Waals surface area contributed by atoms with Crippen molar-refractivity contribution in [2.75, 3.05) is 19.6 Å². The minimum absolute atomic E-state index is 0.283. The number of primary amides is 1. The van der Waals surface area contributed by atoms with Gasteiger partial charge in [-0.05, 0) is 37.4 Å². The van der Waals surface area contributed by atoms with Crippen LogP contribution < -0.4 is 5.73 Å². The Morgan fingerprint density at radius 1 is 1.41 bits per heavy atom. The Morgan fingerprint density at radius 3 is 2.91 bits per heavy atom. The van der Waals surface area contributed by atoms with Crippen LogP contribution in [0.1, 0.15) is 32.1 Å². The fourth-order valence-electron chi connectivity index (χ4n) is 2.19. The summed E-state index contributed by atoms with van der Waals surface area (Å²) in [5.41, 5.74) is 5.29. The predicted octanol–water partition coefficient (Wildman–Crippen LogP) is 2.32. The second-order valence-electron chi connectivity index (χ2n) is 5.19. The number of nitrogens with zero attached hydrogens (tertiary/aromatic N) is 3. The van der Waals surface area contributed by atoms with Crippen LogP contribution in [0, 0.1) is 0 Å². The standard InChI is InChI=1S/C15H22N4O2S/c1-2-3-8-19(11-13(16)20)9-4-7-14-17-15(18-21-14)12-6-5-10-22-12/h5-6,10H,2-4,7-9,11H2,1H3,(H2,16,20). The molecule has 0 radical (unpaired) electrons. The van der Waals surface area contributed by atoms with Crippen molar-refractivity contribution in [2.45, 2.75) is 32.6 Å². The van der Waals surface area contributed by atoms with Gasteiger partial charge >= 0.3 is 0 Å². The molecule has 2 rings (SSSR count). The summed E-state index contributed by atoms with van der Waals surface area (Å²) in [5.74, 6) is 0.997. The van der Waals surface area contributed by atoms with Crippen molar-refractivity contribution >= 4 is 17.2 Å². The first-order valence-electron chi connectivity index (χ1n) is 7.56. The van der Waals surface area contributed by atoms with Gasteiger partial charge < -0.3 is 10.3 Å². The molecule has 0 atom stereocenters. The Bertz CT molecular complexity index is 568. The van der Waals surface area contributed by atoms with Crippen molar-refractivity contribution in [1.29, 1.82) is 0 Å². The maximum Gasteiger partial charge on any atom is 0.231 e. The lowest BCUT2D eigenvalue weighted by Crippen LogP contribution is -2.35. The fourth-order valence-corrected chi connectivity index (χ4v) is 2.84. The Kier molecular flexibility index (Phi) is 6.54. The number of hydrogen-bond donors (Lipinski definition) is 1. The smallest absolute Gasteiger partial charge is 0.231 e. The molecule has 2 heterocycles. The average Bonchev–Trinajstić information content (AvgIpc) is 3.14. The highest BCUT2D eigenvalue weighted by Crippen LogP contribution is 2.21. The van der Waals surface area contributed by atoms with Crippen LogP contribution in [0.15, 0.2) is 22.0 Å². The van der Waals surface area contributed by atoms with Gasteiger partial charge in [0.25, 0.3) is 0 Å². The molecule has 0 saturated carbocycles. The number of unbranched alkanes of at least 4 members (excludes halogenated alkanes) is 1. The SMILES string of the molecule is CCCCN(CCCc1nc(-c2cccs2)no1)CC(N)=O. The van der Waals surface area contributed by atoms with Gasteiger partial charge in [-0.1, -0.05) is 24.6 Å². The molecule has 0 aromatic carbocycles. The molecule has 0 unspecified atom stereocenters. The molecule has 6 nitrogen and oxygen atoms in total. The van der Waals surface area contributed by atoms with Crippen LogP contribution in [-0.2, 0) is 11.2 Å². The van der Waals surface area contributed by atoms with E-state index < -0.39 is 0 Å². The lowest BCUT2D eigenvalue weighted by Gasteiger charge is -2.19. The number of nitrogens with two attached hydrogens (primary N) is 1. The van der Waals surface area contributed by atoms with E-state index >= 15 is 0 Å². The first-order chi connectivity index (χ1) is 10.7. The third-order valence-corrected chi connectivity index (χ3v) is 4.15. The summed E-state index contributed by atoms with van der Waals surface area (Å²) in [4.78, 5) is 18.6. The summed E-state index contributed by atoms with van der Waals surface area (Å²) in [6, 6.07) is 3.93. The molecule has 0 aliphatic carbocycles. The monoisotopic (exact) mass is 322 g/mol. The Labute approximate surface area is 134 Å². The van der Waals surface area contributed by atoms with E-state index in [1.807, 2.05) is 17.5 Å². The second-order valence-corrected chi connectivity index (χ2v) is 6.14. The molecular weight excluding hydrogens is 300 g/mol. The molecule has 7 heteroatoms. The van der Waals surface area contributed by atoms with Crippen molar-refractivity contribution in [3.8, 4) is 10.7 Å². The summed E-state index contributed by atoms with van der Waals surface area (Å²) < 4.78 is 5.27. The molecule has 0 bridgehead atoms.